The minimum Gasteiger partial charge on any atom is -0.379 e. The molecule has 1 saturated heterocycles. The van der Waals surface area contributed by atoms with Crippen molar-refractivity contribution in [2.24, 2.45) is 5.10 Å². The van der Waals surface area contributed by atoms with E-state index >= 15 is 0 Å². The molecule has 2 aromatic carbocycles. The Hall–Kier alpha value is -3.49. The second-order valence-electron chi connectivity index (χ2n) is 7.68. The Balaban J connectivity index is 1.45. The van der Waals surface area contributed by atoms with Crippen LogP contribution in [0.3, 0.4) is 0 Å². The highest BCUT2D eigenvalue weighted by atomic mass is 16.5. The van der Waals surface area contributed by atoms with E-state index in [0.717, 1.165) is 40.8 Å². The summed E-state index contributed by atoms with van der Waals surface area (Å²) in [6.07, 6.45) is 2.05. The highest BCUT2D eigenvalue weighted by Gasteiger charge is 2.22. The molecule has 3 N–H and O–H groups in total. The zero-order valence-corrected chi connectivity index (χ0v) is 17.0. The van der Waals surface area contributed by atoms with Gasteiger partial charge in [0.2, 0.25) is 5.91 Å². The van der Waals surface area contributed by atoms with Gasteiger partial charge in [-0.3, -0.25) is 14.5 Å². The normalized spacial score (nSPS) is 16.2. The first-order valence-electron chi connectivity index (χ1n) is 10.4. The van der Waals surface area contributed by atoms with E-state index < -0.39 is 0 Å². The van der Waals surface area contributed by atoms with Gasteiger partial charge in [-0.05, 0) is 17.7 Å². The Morgan fingerprint density at radius 3 is 2.77 bits per heavy atom. The van der Waals surface area contributed by atoms with Gasteiger partial charge in [0.15, 0.2) is 0 Å². The minimum atomic E-state index is -0.303. The van der Waals surface area contributed by atoms with Gasteiger partial charge in [-0.15, -0.1) is 0 Å². The molecule has 0 spiro atoms. The van der Waals surface area contributed by atoms with Crippen molar-refractivity contribution in [3.8, 4) is 11.3 Å². The standard InChI is InChI=1S/C23H23N5O3/c29-20(6-7-28-8-10-31-11-9-28)25-16-12-17-21-18(14-24-27-23(17)30)22(26-19(21)13-16)15-4-2-1-3-5-15/h1-5,12-14,26H,6-11H2,(H,25,29)(H,27,30). The molecule has 2 aliphatic heterocycles. The summed E-state index contributed by atoms with van der Waals surface area (Å²) in [6.45, 7) is 3.78. The SMILES string of the molecule is O=C(CCN1CCOCC1)Nc1cc2c3c(c(-c4ccccc4)[nH]c3c1)C=NNC2=O. The lowest BCUT2D eigenvalue weighted by Crippen LogP contribution is -2.38. The number of ether oxygens (including phenoxy) is 1. The zero-order chi connectivity index (χ0) is 21.2. The highest BCUT2D eigenvalue weighted by Crippen LogP contribution is 2.34. The van der Waals surface area contributed by atoms with Gasteiger partial charge in [-0.1, -0.05) is 30.3 Å². The molecule has 3 aromatic rings. The predicted molar refractivity (Wildman–Crippen MR) is 119 cm³/mol. The Bertz CT molecular complexity index is 1160. The molecule has 1 fully saturated rings. The van der Waals surface area contributed by atoms with Gasteiger partial charge in [0, 0.05) is 48.2 Å². The van der Waals surface area contributed by atoms with Crippen molar-refractivity contribution in [2.75, 3.05) is 38.2 Å². The van der Waals surface area contributed by atoms with Gasteiger partial charge < -0.3 is 15.0 Å². The number of hydrazone groups is 1. The van der Waals surface area contributed by atoms with E-state index in [4.69, 9.17) is 4.74 Å². The second kappa shape index (κ2) is 8.33. The van der Waals surface area contributed by atoms with E-state index in [9.17, 15) is 9.59 Å². The Labute approximate surface area is 179 Å². The quantitative estimate of drug-likeness (QED) is 0.594. The molecule has 0 bridgehead atoms. The van der Waals surface area contributed by atoms with Crippen LogP contribution in [0.15, 0.2) is 47.6 Å². The number of aromatic nitrogens is 1. The number of nitrogens with zero attached hydrogens (tertiary/aromatic N) is 2. The fraction of sp³-hybridized carbons (Fsp3) is 0.261. The number of carbonyl (C=O) groups is 2. The lowest BCUT2D eigenvalue weighted by molar-refractivity contribution is -0.116. The Morgan fingerprint density at radius 1 is 1.16 bits per heavy atom. The molecule has 3 heterocycles. The molecule has 2 amide bonds. The number of nitrogens with one attached hydrogen (secondary N) is 3. The molecular weight excluding hydrogens is 394 g/mol. The number of benzene rings is 2. The lowest BCUT2D eigenvalue weighted by Gasteiger charge is -2.26. The van der Waals surface area contributed by atoms with E-state index in [0.29, 0.717) is 37.4 Å². The minimum absolute atomic E-state index is 0.0848. The first-order chi connectivity index (χ1) is 15.2. The third-order valence-corrected chi connectivity index (χ3v) is 5.65. The molecule has 158 valence electrons. The summed E-state index contributed by atoms with van der Waals surface area (Å²) in [6, 6.07) is 13.5. The van der Waals surface area contributed by atoms with Crippen molar-refractivity contribution in [3.05, 3.63) is 53.6 Å². The number of H-pyrrole nitrogens is 1. The maximum absolute atomic E-state index is 12.6. The average molecular weight is 417 g/mol. The predicted octanol–water partition coefficient (Wildman–Crippen LogP) is 2.57. The highest BCUT2D eigenvalue weighted by molar-refractivity contribution is 6.18. The molecule has 0 saturated carbocycles. The van der Waals surface area contributed by atoms with Crippen molar-refractivity contribution < 1.29 is 14.3 Å². The van der Waals surface area contributed by atoms with E-state index in [-0.39, 0.29) is 11.8 Å². The summed E-state index contributed by atoms with van der Waals surface area (Å²) in [5, 5.41) is 7.81. The van der Waals surface area contributed by atoms with Gasteiger partial charge in [0.1, 0.15) is 0 Å². The number of hydrogen-bond acceptors (Lipinski definition) is 5. The fourth-order valence-electron chi connectivity index (χ4n) is 4.09. The van der Waals surface area contributed by atoms with Crippen LogP contribution in [0.2, 0.25) is 0 Å². The topological polar surface area (TPSA) is 98.8 Å². The first-order valence-corrected chi connectivity index (χ1v) is 10.4. The van der Waals surface area contributed by atoms with Crippen LogP contribution in [0.4, 0.5) is 5.69 Å². The summed E-state index contributed by atoms with van der Waals surface area (Å²) < 4.78 is 5.34. The van der Waals surface area contributed by atoms with Crippen molar-refractivity contribution in [1.29, 1.82) is 0 Å². The molecule has 0 radical (unpaired) electrons. The molecule has 1 aromatic heterocycles. The van der Waals surface area contributed by atoms with E-state index in [1.165, 1.54) is 0 Å². The van der Waals surface area contributed by atoms with Crippen LogP contribution in [-0.2, 0) is 9.53 Å². The van der Waals surface area contributed by atoms with E-state index in [1.54, 1.807) is 12.3 Å². The van der Waals surface area contributed by atoms with Crippen LogP contribution in [0.1, 0.15) is 22.3 Å². The van der Waals surface area contributed by atoms with Crippen LogP contribution >= 0.6 is 0 Å². The monoisotopic (exact) mass is 417 g/mol. The largest absolute Gasteiger partial charge is 0.379 e. The third kappa shape index (κ3) is 3.95. The average Bonchev–Trinajstić information content (AvgIpc) is 3.08. The molecule has 31 heavy (non-hydrogen) atoms. The summed E-state index contributed by atoms with van der Waals surface area (Å²) in [5.74, 6) is -0.388. The van der Waals surface area contributed by atoms with Gasteiger partial charge in [-0.2, -0.15) is 5.10 Å². The zero-order valence-electron chi connectivity index (χ0n) is 17.0. The van der Waals surface area contributed by atoms with Gasteiger partial charge in [0.05, 0.1) is 30.7 Å². The summed E-state index contributed by atoms with van der Waals surface area (Å²) in [4.78, 5) is 30.8. The second-order valence-corrected chi connectivity index (χ2v) is 7.68. The molecule has 0 aliphatic carbocycles. The Kier molecular flexibility index (Phi) is 5.23. The number of morpholine rings is 1. The fourth-order valence-corrected chi connectivity index (χ4v) is 4.09. The smallest absolute Gasteiger partial charge is 0.272 e. The number of aromatic amines is 1. The number of anilines is 1. The van der Waals surface area contributed by atoms with E-state index in [1.807, 2.05) is 36.4 Å². The third-order valence-electron chi connectivity index (χ3n) is 5.65. The van der Waals surface area contributed by atoms with E-state index in [2.05, 4.69) is 25.7 Å². The Morgan fingerprint density at radius 2 is 1.97 bits per heavy atom. The molecule has 0 unspecified atom stereocenters. The maximum atomic E-state index is 12.6. The van der Waals surface area contributed by atoms with Crippen LogP contribution < -0.4 is 10.7 Å². The molecule has 8 heteroatoms. The molecule has 0 atom stereocenters. The van der Waals surface area contributed by atoms with Gasteiger partial charge >= 0.3 is 0 Å². The van der Waals surface area contributed by atoms with Crippen molar-refractivity contribution in [1.82, 2.24) is 15.3 Å². The molecule has 2 aliphatic rings. The summed E-state index contributed by atoms with van der Waals surface area (Å²) in [5.41, 5.74) is 7.11. The number of rotatable bonds is 5. The molecule has 5 rings (SSSR count). The lowest BCUT2D eigenvalue weighted by atomic mass is 10.0. The van der Waals surface area contributed by atoms with Gasteiger partial charge in [-0.25, -0.2) is 5.43 Å². The number of amides is 2. The molecular formula is C23H23N5O3. The van der Waals surface area contributed by atoms with Crippen LogP contribution in [-0.4, -0.2) is 60.8 Å². The first kappa shape index (κ1) is 19.5. The summed E-state index contributed by atoms with van der Waals surface area (Å²) >= 11 is 0. The number of carbonyl (C=O) groups excluding carboxylic acids is 2. The molecule has 8 nitrogen and oxygen atoms in total. The van der Waals surface area contributed by atoms with Crippen molar-refractivity contribution >= 4 is 34.6 Å². The maximum Gasteiger partial charge on any atom is 0.272 e. The summed E-state index contributed by atoms with van der Waals surface area (Å²) in [7, 11) is 0. The van der Waals surface area contributed by atoms with Crippen LogP contribution in [0.25, 0.3) is 22.2 Å². The van der Waals surface area contributed by atoms with Crippen molar-refractivity contribution in [2.45, 2.75) is 6.42 Å². The number of hydrogen-bond donors (Lipinski definition) is 3. The van der Waals surface area contributed by atoms with Crippen molar-refractivity contribution in [3.63, 3.8) is 0 Å². The van der Waals surface area contributed by atoms with Crippen LogP contribution in [0.5, 0.6) is 0 Å². The van der Waals surface area contributed by atoms with Gasteiger partial charge in [0.25, 0.3) is 5.91 Å². The van der Waals surface area contributed by atoms with Crippen LogP contribution in [0, 0.1) is 0 Å².